The van der Waals surface area contributed by atoms with E-state index in [1.54, 1.807) is 76.9 Å². The third-order valence-electron chi connectivity index (χ3n) is 15.8. The van der Waals surface area contributed by atoms with Gasteiger partial charge in [0, 0.05) is 105 Å². The van der Waals surface area contributed by atoms with Crippen LogP contribution in [0.25, 0.3) is 22.3 Å². The predicted molar refractivity (Wildman–Crippen MR) is 335 cm³/mol. The Morgan fingerprint density at radius 2 is 1.67 bits per heavy atom. The van der Waals surface area contributed by atoms with Crippen LogP contribution in [0.15, 0.2) is 83.1 Å². The van der Waals surface area contributed by atoms with E-state index in [1.807, 2.05) is 44.4 Å². The standard InChI is InChI=1S/C66H78N10O13S/c1-6-66(57-34-59-60-55(38-76(59)62(82)56(57)42-87-63(66)83)53(27-29-75(43(2)3)44(4)77)54-19-10-11-20-58(54)71-60)89-65(84)88-39-45-21-23-48(24-22-45)70-61(81)47(16-12-13-28-67)33-52(80)41-86-40-51(79)18-14-31-85-32-30-74-37-49(72-73-74)25-26-50(78)17-9-7-8-15-46-35-68-64(90-5)69-36-46/h10-11,19-24,34-37,43,47H,6-7,9,12-14,16-18,25-33,38-42,67H2,1-5H3,(H,70,81)/t47-,66+/m1/s1. The number of benzene rings is 2. The van der Waals surface area contributed by atoms with Crippen molar-refractivity contribution in [2.75, 3.05) is 51.1 Å². The number of nitrogens with one attached hydrogen (secondary N) is 1. The average Bonchev–Trinajstić information content (AvgIpc) is 1.45. The maximum absolute atomic E-state index is 14.4. The lowest BCUT2D eigenvalue weighted by Crippen LogP contribution is -2.47. The van der Waals surface area contributed by atoms with Crippen molar-refractivity contribution in [3.05, 3.63) is 123 Å². The van der Waals surface area contributed by atoms with Crippen molar-refractivity contribution in [3.63, 3.8) is 0 Å². The Hall–Kier alpha value is -8.50. The number of nitrogens with two attached hydrogens (primary N) is 1. The number of pyridine rings is 2. The molecule has 2 aliphatic rings. The molecule has 0 aliphatic carbocycles. The van der Waals surface area contributed by atoms with E-state index in [0.29, 0.717) is 136 Å². The minimum Gasteiger partial charge on any atom is -0.457 e. The second-order valence-corrected chi connectivity index (χ2v) is 23.3. The highest BCUT2D eigenvalue weighted by molar-refractivity contribution is 7.98. The van der Waals surface area contributed by atoms with Crippen LogP contribution in [0.5, 0.6) is 0 Å². The van der Waals surface area contributed by atoms with Crippen LogP contribution in [-0.2, 0) is 97.2 Å². The Bertz CT molecular complexity index is 3670. The van der Waals surface area contributed by atoms with Gasteiger partial charge in [0.15, 0.2) is 16.7 Å². The summed E-state index contributed by atoms with van der Waals surface area (Å²) in [5.41, 5.74) is 9.57. The van der Waals surface area contributed by atoms with E-state index < -0.39 is 29.2 Å². The normalized spacial score (nSPS) is 14.2. The first kappa shape index (κ1) is 67.4. The molecule has 0 saturated carbocycles. The summed E-state index contributed by atoms with van der Waals surface area (Å²) in [6.45, 7) is 8.13. The summed E-state index contributed by atoms with van der Waals surface area (Å²) in [6, 6.07) is 15.8. The smallest absolute Gasteiger partial charge is 0.457 e. The monoisotopic (exact) mass is 1250 g/mol. The molecule has 23 nitrogen and oxygen atoms in total. The summed E-state index contributed by atoms with van der Waals surface area (Å²) in [6.07, 6.45) is 11.1. The maximum atomic E-state index is 14.4. The number of carbonyl (C=O) groups excluding carboxylic acids is 7. The number of cyclic esters (lactones) is 1. The molecular weight excluding hydrogens is 1170 g/mol. The number of aromatic nitrogens is 7. The first-order chi connectivity index (χ1) is 43.5. The molecule has 6 heterocycles. The van der Waals surface area contributed by atoms with E-state index in [2.05, 4.69) is 37.4 Å². The molecule has 2 aliphatic heterocycles. The SMILES string of the molecule is CC[C@@]1(OC(=O)OCc2ccc(NC(=O)[C@H](CCCCN)CC(=O)COCC(=O)CCCOCCn3cc(CCC(=O)CCCC#Cc4cnc(SC)nc4)nn3)cc2)C(=O)OCc2c1cc1n(c2=O)Cc2c-1nc1ccccc1c2CCN(C(C)=O)C(C)C. The molecule has 90 heavy (non-hydrogen) atoms. The highest BCUT2D eigenvalue weighted by Gasteiger charge is 2.51. The molecule has 476 valence electrons. The van der Waals surface area contributed by atoms with Crippen LogP contribution in [0, 0.1) is 17.8 Å². The number of ketones is 3. The summed E-state index contributed by atoms with van der Waals surface area (Å²) in [5.74, 6) is 3.71. The van der Waals surface area contributed by atoms with Crippen LogP contribution >= 0.6 is 11.8 Å². The van der Waals surface area contributed by atoms with Gasteiger partial charge in [-0.25, -0.2) is 29.2 Å². The molecule has 8 rings (SSSR count). The number of thioether (sulfide) groups is 1. The number of hydrogen-bond donors (Lipinski definition) is 2. The van der Waals surface area contributed by atoms with E-state index in [9.17, 15) is 38.4 Å². The lowest BCUT2D eigenvalue weighted by molar-refractivity contribution is -0.175. The van der Waals surface area contributed by atoms with E-state index in [-0.39, 0.29) is 98.6 Å². The second-order valence-electron chi connectivity index (χ2n) is 22.5. The highest BCUT2D eigenvalue weighted by atomic mass is 32.2. The van der Waals surface area contributed by atoms with Crippen LogP contribution in [0.3, 0.4) is 0 Å². The fraction of sp³-hybridized carbons (Fsp3) is 0.470. The summed E-state index contributed by atoms with van der Waals surface area (Å²) in [7, 11) is 0. The van der Waals surface area contributed by atoms with E-state index in [4.69, 9.17) is 34.4 Å². The van der Waals surface area contributed by atoms with E-state index >= 15 is 0 Å². The Balaban J connectivity index is 0.750. The first-order valence-electron chi connectivity index (χ1n) is 30.5. The number of anilines is 1. The van der Waals surface area contributed by atoms with Gasteiger partial charge in [-0.2, -0.15) is 0 Å². The van der Waals surface area contributed by atoms with Crippen LogP contribution in [0.1, 0.15) is 137 Å². The van der Waals surface area contributed by atoms with Gasteiger partial charge in [0.1, 0.15) is 32.2 Å². The molecule has 2 atom stereocenters. The van der Waals surface area contributed by atoms with Gasteiger partial charge >= 0.3 is 12.1 Å². The minimum atomic E-state index is -2.02. The molecule has 24 heteroatoms. The van der Waals surface area contributed by atoms with Gasteiger partial charge in [-0.15, -0.1) is 5.10 Å². The molecule has 0 bridgehead atoms. The van der Waals surface area contributed by atoms with Crippen molar-refractivity contribution in [1.29, 1.82) is 0 Å². The summed E-state index contributed by atoms with van der Waals surface area (Å²) < 4.78 is 31.4. The third-order valence-corrected chi connectivity index (χ3v) is 16.4. The molecule has 2 amide bonds. The Kier molecular flexibility index (Phi) is 24.6. The van der Waals surface area contributed by atoms with Gasteiger partial charge in [0.05, 0.1) is 53.4 Å². The molecule has 0 fully saturated rings. The number of nitrogens with zero attached hydrogens (tertiary/aromatic N) is 8. The fourth-order valence-electron chi connectivity index (χ4n) is 11.0. The third kappa shape index (κ3) is 17.9. The van der Waals surface area contributed by atoms with Gasteiger partial charge in [-0.3, -0.25) is 28.8 Å². The lowest BCUT2D eigenvalue weighted by Gasteiger charge is -2.35. The molecule has 0 saturated heterocycles. The van der Waals surface area contributed by atoms with Crippen molar-refractivity contribution in [3.8, 4) is 23.2 Å². The second kappa shape index (κ2) is 32.8. The Morgan fingerprint density at radius 3 is 2.41 bits per heavy atom. The largest absolute Gasteiger partial charge is 0.510 e. The Morgan fingerprint density at radius 1 is 0.900 bits per heavy atom. The summed E-state index contributed by atoms with van der Waals surface area (Å²) in [4.78, 5) is 121. The van der Waals surface area contributed by atoms with Crippen molar-refractivity contribution in [1.82, 2.24) is 39.4 Å². The molecule has 6 aromatic rings. The van der Waals surface area contributed by atoms with Crippen molar-refractivity contribution in [2.24, 2.45) is 11.7 Å². The van der Waals surface area contributed by atoms with Crippen LogP contribution in [-0.4, -0.2) is 133 Å². The van der Waals surface area contributed by atoms with Gasteiger partial charge < -0.3 is 44.2 Å². The summed E-state index contributed by atoms with van der Waals surface area (Å²) >= 11 is 1.46. The quantitative estimate of drug-likeness (QED) is 0.0128. The van der Waals surface area contributed by atoms with Crippen molar-refractivity contribution < 1.29 is 57.2 Å². The maximum Gasteiger partial charge on any atom is 0.510 e. The number of para-hydroxylation sites is 1. The number of Topliss-reactive ketones (excluding diaryl/α,β-unsaturated/α-hetero) is 3. The number of ether oxygens (including phenoxy) is 5. The van der Waals surface area contributed by atoms with Crippen molar-refractivity contribution >= 4 is 69.6 Å². The van der Waals surface area contributed by atoms with E-state index in [0.717, 1.165) is 22.1 Å². The zero-order valence-corrected chi connectivity index (χ0v) is 52.5. The van der Waals surface area contributed by atoms with Gasteiger partial charge in [-0.1, -0.05) is 72.5 Å². The minimum absolute atomic E-state index is 0.0185. The number of hydrogen-bond acceptors (Lipinski definition) is 20. The molecular formula is C66H78N10O13S. The number of rotatable bonds is 34. The molecule has 4 aromatic heterocycles. The van der Waals surface area contributed by atoms with Gasteiger partial charge in [0.25, 0.3) is 5.56 Å². The zero-order valence-electron chi connectivity index (χ0n) is 51.7. The van der Waals surface area contributed by atoms with Gasteiger partial charge in [0.2, 0.25) is 17.4 Å². The lowest BCUT2D eigenvalue weighted by atomic mass is 9.85. The van der Waals surface area contributed by atoms with Gasteiger partial charge in [-0.05, 0) is 107 Å². The number of fused-ring (bicyclic) bond motifs is 5. The average molecular weight is 1250 g/mol. The summed E-state index contributed by atoms with van der Waals surface area (Å²) in [5, 5.41) is 12.8. The molecule has 2 aromatic carbocycles. The zero-order chi connectivity index (χ0) is 64.2. The number of carbonyl (C=O) groups is 7. The fourth-order valence-corrected chi connectivity index (χ4v) is 11.3. The number of unbranched alkanes of at least 4 members (excludes halogenated alkanes) is 2. The van der Waals surface area contributed by atoms with Crippen molar-refractivity contribution in [2.45, 2.75) is 154 Å². The Labute approximate surface area is 526 Å². The highest BCUT2D eigenvalue weighted by Crippen LogP contribution is 2.42. The first-order valence-corrected chi connectivity index (χ1v) is 31.8. The number of amides is 2. The molecule has 0 unspecified atom stereocenters. The van der Waals surface area contributed by atoms with Crippen LogP contribution in [0.2, 0.25) is 0 Å². The number of aryl methyl sites for hydroxylation is 1. The topological polar surface area (TPSA) is 298 Å². The predicted octanol–water partition coefficient (Wildman–Crippen LogP) is 7.79. The number of esters is 1. The van der Waals surface area contributed by atoms with Crippen LogP contribution < -0.4 is 16.6 Å². The molecule has 0 spiro atoms. The molecule has 0 radical (unpaired) electrons. The van der Waals surface area contributed by atoms with E-state index in [1.165, 1.54) is 11.8 Å². The van der Waals surface area contributed by atoms with Crippen LogP contribution in [0.4, 0.5) is 10.5 Å². The molecule has 3 N–H and O–H groups in total.